The Balaban J connectivity index is 2.07. The number of rotatable bonds is 3. The zero-order chi connectivity index (χ0) is 15.6. The number of carbonyl (C=O) groups is 1. The van der Waals surface area contributed by atoms with E-state index < -0.39 is 0 Å². The molecule has 1 aromatic carbocycles. The maximum atomic E-state index is 12.2. The molecule has 2 rings (SSSR count). The number of fused-ring (bicyclic) bond motifs is 1. The maximum Gasteiger partial charge on any atom is 0.309 e. The van der Waals surface area contributed by atoms with Crippen LogP contribution in [-0.2, 0) is 22.4 Å². The number of esters is 1. The minimum absolute atomic E-state index is 0.0628. The first-order valence-electron chi connectivity index (χ1n) is 8.11. The summed E-state index contributed by atoms with van der Waals surface area (Å²) in [4.78, 5) is 12.2. The highest BCUT2D eigenvalue weighted by Crippen LogP contribution is 2.30. The summed E-state index contributed by atoms with van der Waals surface area (Å²) in [5.74, 6) is -0.203. The van der Waals surface area contributed by atoms with Crippen LogP contribution in [0.3, 0.4) is 0 Å². The van der Waals surface area contributed by atoms with Gasteiger partial charge in [0.05, 0.1) is 5.92 Å². The number of ether oxygens (including phenoxy) is 1. The van der Waals surface area contributed by atoms with Gasteiger partial charge in [-0.2, -0.15) is 0 Å². The van der Waals surface area contributed by atoms with Crippen molar-refractivity contribution in [2.45, 2.75) is 66.4 Å². The quantitative estimate of drug-likeness (QED) is 0.743. The molecule has 0 radical (unpaired) electrons. The van der Waals surface area contributed by atoms with Crippen LogP contribution < -0.4 is 0 Å². The highest BCUT2D eigenvalue weighted by Gasteiger charge is 2.29. The zero-order valence-corrected chi connectivity index (χ0v) is 14.0. The average molecular weight is 288 g/mol. The summed E-state index contributed by atoms with van der Waals surface area (Å²) >= 11 is 0. The van der Waals surface area contributed by atoms with Crippen LogP contribution >= 0.6 is 0 Å². The fourth-order valence-electron chi connectivity index (χ4n) is 2.70. The van der Waals surface area contributed by atoms with Crippen molar-refractivity contribution in [3.05, 3.63) is 34.9 Å². The largest absolute Gasteiger partial charge is 0.458 e. The summed E-state index contributed by atoms with van der Waals surface area (Å²) < 4.78 is 5.68. The Bertz CT molecular complexity index is 511. The molecule has 0 saturated carbocycles. The van der Waals surface area contributed by atoms with E-state index in [1.54, 1.807) is 0 Å². The van der Waals surface area contributed by atoms with E-state index in [1.807, 2.05) is 13.8 Å². The van der Waals surface area contributed by atoms with Crippen LogP contribution in [0.1, 0.15) is 70.3 Å². The second-order valence-electron chi connectivity index (χ2n) is 7.40. The van der Waals surface area contributed by atoms with Gasteiger partial charge in [-0.05, 0) is 54.7 Å². The smallest absolute Gasteiger partial charge is 0.309 e. The van der Waals surface area contributed by atoms with Crippen LogP contribution in [0.5, 0.6) is 0 Å². The SMILES string of the molecule is CC(OC(=O)C(C)C(C)(C)C)c1ccc2c(c1)CCCC2. The van der Waals surface area contributed by atoms with Crippen molar-refractivity contribution in [1.82, 2.24) is 0 Å². The Hall–Kier alpha value is -1.31. The van der Waals surface area contributed by atoms with Gasteiger partial charge in [0.1, 0.15) is 6.10 Å². The van der Waals surface area contributed by atoms with Gasteiger partial charge in [-0.1, -0.05) is 45.9 Å². The van der Waals surface area contributed by atoms with E-state index in [-0.39, 0.29) is 23.4 Å². The summed E-state index contributed by atoms with van der Waals surface area (Å²) in [6, 6.07) is 6.55. The fourth-order valence-corrected chi connectivity index (χ4v) is 2.70. The fraction of sp³-hybridized carbons (Fsp3) is 0.632. The Morgan fingerprint density at radius 2 is 1.71 bits per heavy atom. The molecule has 0 aromatic heterocycles. The zero-order valence-electron chi connectivity index (χ0n) is 14.0. The van der Waals surface area contributed by atoms with E-state index in [9.17, 15) is 4.79 Å². The van der Waals surface area contributed by atoms with E-state index in [2.05, 4.69) is 39.0 Å². The Kier molecular flexibility index (Phi) is 4.75. The summed E-state index contributed by atoms with van der Waals surface area (Å²) in [6.45, 7) is 10.1. The first-order valence-corrected chi connectivity index (χ1v) is 8.11. The normalized spacial score (nSPS) is 17.8. The highest BCUT2D eigenvalue weighted by molar-refractivity contribution is 5.73. The minimum Gasteiger partial charge on any atom is -0.458 e. The highest BCUT2D eigenvalue weighted by atomic mass is 16.5. The number of hydrogen-bond acceptors (Lipinski definition) is 2. The van der Waals surface area contributed by atoms with Gasteiger partial charge >= 0.3 is 5.97 Å². The molecule has 2 heteroatoms. The van der Waals surface area contributed by atoms with Gasteiger partial charge < -0.3 is 4.74 Å². The Labute approximate surface area is 128 Å². The van der Waals surface area contributed by atoms with Crippen molar-refractivity contribution in [2.75, 3.05) is 0 Å². The number of hydrogen-bond donors (Lipinski definition) is 0. The monoisotopic (exact) mass is 288 g/mol. The predicted molar refractivity (Wildman–Crippen MR) is 86.2 cm³/mol. The Morgan fingerprint density at radius 1 is 1.10 bits per heavy atom. The van der Waals surface area contributed by atoms with E-state index >= 15 is 0 Å². The number of aryl methyl sites for hydroxylation is 2. The third-order valence-corrected chi connectivity index (χ3v) is 4.79. The number of benzene rings is 1. The average Bonchev–Trinajstić information content (AvgIpc) is 2.44. The lowest BCUT2D eigenvalue weighted by molar-refractivity contribution is -0.156. The molecule has 116 valence electrons. The molecule has 2 nitrogen and oxygen atoms in total. The first kappa shape index (κ1) is 16.1. The molecule has 0 saturated heterocycles. The molecule has 1 aliphatic rings. The minimum atomic E-state index is -0.172. The lowest BCUT2D eigenvalue weighted by atomic mass is 9.82. The van der Waals surface area contributed by atoms with E-state index in [1.165, 1.54) is 30.4 Å². The molecule has 2 unspecified atom stereocenters. The molecule has 0 aliphatic heterocycles. The maximum absolute atomic E-state index is 12.2. The van der Waals surface area contributed by atoms with E-state index in [4.69, 9.17) is 4.74 Å². The van der Waals surface area contributed by atoms with Crippen molar-refractivity contribution in [1.29, 1.82) is 0 Å². The summed E-state index contributed by atoms with van der Waals surface area (Å²) in [5, 5.41) is 0. The topological polar surface area (TPSA) is 26.3 Å². The van der Waals surface area contributed by atoms with Crippen LogP contribution in [-0.4, -0.2) is 5.97 Å². The lowest BCUT2D eigenvalue weighted by Crippen LogP contribution is -2.28. The van der Waals surface area contributed by atoms with Gasteiger partial charge in [0.25, 0.3) is 0 Å². The lowest BCUT2D eigenvalue weighted by Gasteiger charge is -2.27. The van der Waals surface area contributed by atoms with Crippen molar-refractivity contribution in [3.8, 4) is 0 Å². The first-order chi connectivity index (χ1) is 9.79. The molecular weight excluding hydrogens is 260 g/mol. The molecule has 1 aliphatic carbocycles. The molecular formula is C19H28O2. The van der Waals surface area contributed by atoms with Crippen molar-refractivity contribution in [2.24, 2.45) is 11.3 Å². The summed E-state index contributed by atoms with van der Waals surface area (Å²) in [6.07, 6.45) is 4.73. The van der Waals surface area contributed by atoms with Crippen molar-refractivity contribution in [3.63, 3.8) is 0 Å². The van der Waals surface area contributed by atoms with Gasteiger partial charge in [-0.15, -0.1) is 0 Å². The number of carbonyl (C=O) groups excluding carboxylic acids is 1. The second kappa shape index (κ2) is 6.21. The van der Waals surface area contributed by atoms with E-state index in [0.717, 1.165) is 12.0 Å². The van der Waals surface area contributed by atoms with Gasteiger partial charge in [-0.25, -0.2) is 0 Å². The molecule has 2 atom stereocenters. The van der Waals surface area contributed by atoms with Crippen LogP contribution in [0.25, 0.3) is 0 Å². The Morgan fingerprint density at radius 3 is 2.33 bits per heavy atom. The summed E-state index contributed by atoms with van der Waals surface area (Å²) in [5.41, 5.74) is 3.95. The van der Waals surface area contributed by atoms with Crippen LogP contribution in [0.2, 0.25) is 0 Å². The van der Waals surface area contributed by atoms with Gasteiger partial charge in [0.2, 0.25) is 0 Å². The predicted octanol–water partition coefficient (Wildman–Crippen LogP) is 4.85. The van der Waals surface area contributed by atoms with Gasteiger partial charge in [0.15, 0.2) is 0 Å². The van der Waals surface area contributed by atoms with Crippen molar-refractivity contribution < 1.29 is 9.53 Å². The molecule has 21 heavy (non-hydrogen) atoms. The molecule has 0 bridgehead atoms. The van der Waals surface area contributed by atoms with Gasteiger partial charge in [0, 0.05) is 0 Å². The molecule has 0 amide bonds. The molecule has 0 fully saturated rings. The van der Waals surface area contributed by atoms with Crippen molar-refractivity contribution >= 4 is 5.97 Å². The summed E-state index contributed by atoms with van der Waals surface area (Å²) in [7, 11) is 0. The van der Waals surface area contributed by atoms with Gasteiger partial charge in [-0.3, -0.25) is 4.79 Å². The second-order valence-corrected chi connectivity index (χ2v) is 7.40. The molecule has 0 N–H and O–H groups in total. The third-order valence-electron chi connectivity index (χ3n) is 4.79. The van der Waals surface area contributed by atoms with E-state index in [0.29, 0.717) is 0 Å². The third kappa shape index (κ3) is 3.87. The molecule has 1 aromatic rings. The van der Waals surface area contributed by atoms with Crippen LogP contribution in [0.15, 0.2) is 18.2 Å². The van der Waals surface area contributed by atoms with Crippen LogP contribution in [0.4, 0.5) is 0 Å². The standard InChI is InChI=1S/C19H28O2/c1-13(19(3,4)5)18(20)21-14(2)16-11-10-15-8-6-7-9-17(15)12-16/h10-14H,6-9H2,1-5H3. The van der Waals surface area contributed by atoms with Crippen LogP contribution in [0, 0.1) is 11.3 Å². The molecule has 0 heterocycles. The molecule has 0 spiro atoms.